The molecule has 1 aromatic heterocycles. The van der Waals surface area contributed by atoms with Gasteiger partial charge in [-0.25, -0.2) is 0 Å². The zero-order valence-corrected chi connectivity index (χ0v) is 13.2. The van der Waals surface area contributed by atoms with Crippen LogP contribution in [0.5, 0.6) is 0 Å². The Labute approximate surface area is 138 Å². The third-order valence-corrected chi connectivity index (χ3v) is 4.08. The van der Waals surface area contributed by atoms with Gasteiger partial charge in [-0.3, -0.25) is 4.79 Å². The van der Waals surface area contributed by atoms with Crippen molar-refractivity contribution in [3.63, 3.8) is 0 Å². The van der Waals surface area contributed by atoms with Crippen LogP contribution in [0.1, 0.15) is 15.9 Å². The number of hydrogen-bond acceptors (Lipinski definition) is 1. The number of carbonyl (C=O) groups excluding carboxylic acids is 1. The van der Waals surface area contributed by atoms with E-state index in [-0.39, 0.29) is 5.91 Å². The average Bonchev–Trinajstić information content (AvgIpc) is 2.90. The summed E-state index contributed by atoms with van der Waals surface area (Å²) in [6, 6.07) is 13.0. The van der Waals surface area contributed by atoms with Crippen LogP contribution in [0.25, 0.3) is 10.9 Å². The number of hydrogen-bond donors (Lipinski definition) is 2. The highest BCUT2D eigenvalue weighted by Crippen LogP contribution is 2.21. The summed E-state index contributed by atoms with van der Waals surface area (Å²) in [5, 5.41) is 4.94. The van der Waals surface area contributed by atoms with Gasteiger partial charge in [0.15, 0.2) is 0 Å². The first-order valence-corrected chi connectivity index (χ1v) is 7.69. The van der Waals surface area contributed by atoms with E-state index in [0.717, 1.165) is 11.9 Å². The molecule has 3 rings (SSSR count). The molecule has 2 N–H and O–H groups in total. The summed E-state index contributed by atoms with van der Waals surface area (Å²) >= 11 is 11.9. The van der Waals surface area contributed by atoms with Gasteiger partial charge in [-0.05, 0) is 36.2 Å². The van der Waals surface area contributed by atoms with E-state index >= 15 is 0 Å². The number of H-pyrrole nitrogens is 1. The van der Waals surface area contributed by atoms with Crippen molar-refractivity contribution in [1.82, 2.24) is 10.3 Å². The number of para-hydroxylation sites is 1. The lowest BCUT2D eigenvalue weighted by atomic mass is 10.1. The summed E-state index contributed by atoms with van der Waals surface area (Å²) in [6.07, 6.45) is 2.73. The number of aromatic amines is 1. The monoisotopic (exact) mass is 332 g/mol. The van der Waals surface area contributed by atoms with Gasteiger partial charge in [-0.15, -0.1) is 0 Å². The average molecular weight is 333 g/mol. The molecule has 0 saturated heterocycles. The van der Waals surface area contributed by atoms with Crippen LogP contribution in [0, 0.1) is 0 Å². The SMILES string of the molecule is O=C(NCCc1c[nH]c2ccccc12)c1ccc(Cl)cc1Cl. The second-order valence-corrected chi connectivity index (χ2v) is 5.83. The Kier molecular flexibility index (Phi) is 4.36. The maximum absolute atomic E-state index is 12.1. The summed E-state index contributed by atoms with van der Waals surface area (Å²) in [4.78, 5) is 15.3. The van der Waals surface area contributed by atoms with Gasteiger partial charge in [0, 0.05) is 28.7 Å². The Morgan fingerprint density at radius 1 is 1.14 bits per heavy atom. The van der Waals surface area contributed by atoms with Gasteiger partial charge >= 0.3 is 0 Å². The zero-order valence-electron chi connectivity index (χ0n) is 11.7. The zero-order chi connectivity index (χ0) is 15.5. The van der Waals surface area contributed by atoms with Crippen LogP contribution in [0.15, 0.2) is 48.7 Å². The highest BCUT2D eigenvalue weighted by Gasteiger charge is 2.10. The number of rotatable bonds is 4. The highest BCUT2D eigenvalue weighted by molar-refractivity contribution is 6.36. The molecule has 2 aromatic carbocycles. The lowest BCUT2D eigenvalue weighted by Crippen LogP contribution is -2.25. The van der Waals surface area contributed by atoms with E-state index < -0.39 is 0 Å². The third-order valence-electron chi connectivity index (χ3n) is 3.53. The van der Waals surface area contributed by atoms with Crippen LogP contribution >= 0.6 is 23.2 Å². The minimum Gasteiger partial charge on any atom is -0.361 e. The number of amides is 1. The Morgan fingerprint density at radius 3 is 2.77 bits per heavy atom. The fourth-order valence-electron chi connectivity index (χ4n) is 2.42. The molecule has 0 spiro atoms. The summed E-state index contributed by atoms with van der Waals surface area (Å²) in [6.45, 7) is 0.541. The van der Waals surface area contributed by atoms with Crippen molar-refractivity contribution in [1.29, 1.82) is 0 Å². The lowest BCUT2D eigenvalue weighted by Gasteiger charge is -2.07. The molecule has 0 atom stereocenters. The number of fused-ring (bicyclic) bond motifs is 1. The van der Waals surface area contributed by atoms with Crippen molar-refractivity contribution < 1.29 is 4.79 Å². The molecule has 0 fully saturated rings. The van der Waals surface area contributed by atoms with Crippen LogP contribution in [0.4, 0.5) is 0 Å². The topological polar surface area (TPSA) is 44.9 Å². The summed E-state index contributed by atoms with van der Waals surface area (Å²) in [5.74, 6) is -0.193. The summed E-state index contributed by atoms with van der Waals surface area (Å²) in [5.41, 5.74) is 2.72. The van der Waals surface area contributed by atoms with Crippen LogP contribution in [-0.4, -0.2) is 17.4 Å². The minimum atomic E-state index is -0.193. The smallest absolute Gasteiger partial charge is 0.252 e. The molecule has 1 amide bonds. The Bertz CT molecular complexity index is 826. The van der Waals surface area contributed by atoms with Gasteiger partial charge in [0.25, 0.3) is 5.91 Å². The largest absolute Gasteiger partial charge is 0.361 e. The molecule has 0 aliphatic heterocycles. The van der Waals surface area contributed by atoms with Crippen molar-refractivity contribution in [3.8, 4) is 0 Å². The van der Waals surface area contributed by atoms with E-state index in [1.54, 1.807) is 18.2 Å². The van der Waals surface area contributed by atoms with Gasteiger partial charge in [-0.1, -0.05) is 41.4 Å². The maximum Gasteiger partial charge on any atom is 0.252 e. The first kappa shape index (κ1) is 14.9. The van der Waals surface area contributed by atoms with Gasteiger partial charge < -0.3 is 10.3 Å². The van der Waals surface area contributed by atoms with Crippen molar-refractivity contribution in [2.45, 2.75) is 6.42 Å². The van der Waals surface area contributed by atoms with Crippen LogP contribution in [0.2, 0.25) is 10.0 Å². The van der Waals surface area contributed by atoms with Crippen LogP contribution in [0.3, 0.4) is 0 Å². The van der Waals surface area contributed by atoms with Gasteiger partial charge in [0.2, 0.25) is 0 Å². The molecule has 0 unspecified atom stereocenters. The third kappa shape index (κ3) is 3.11. The number of aromatic nitrogens is 1. The van der Waals surface area contributed by atoms with Crippen molar-refractivity contribution in [2.24, 2.45) is 0 Å². The maximum atomic E-state index is 12.1. The lowest BCUT2D eigenvalue weighted by molar-refractivity contribution is 0.0954. The summed E-state index contributed by atoms with van der Waals surface area (Å²) < 4.78 is 0. The second kappa shape index (κ2) is 6.42. The Morgan fingerprint density at radius 2 is 1.95 bits per heavy atom. The second-order valence-electron chi connectivity index (χ2n) is 4.99. The van der Waals surface area contributed by atoms with Gasteiger partial charge in [0.05, 0.1) is 10.6 Å². The number of nitrogens with one attached hydrogen (secondary N) is 2. The molecule has 112 valence electrons. The molecule has 0 aliphatic carbocycles. The van der Waals surface area contributed by atoms with Crippen molar-refractivity contribution >= 4 is 40.0 Å². The normalized spacial score (nSPS) is 10.8. The predicted molar refractivity (Wildman–Crippen MR) is 90.8 cm³/mol. The molecule has 5 heteroatoms. The molecular weight excluding hydrogens is 319 g/mol. The van der Waals surface area contributed by atoms with Gasteiger partial charge in [-0.2, -0.15) is 0 Å². The summed E-state index contributed by atoms with van der Waals surface area (Å²) in [7, 11) is 0. The number of carbonyl (C=O) groups is 1. The van der Waals surface area contributed by atoms with E-state index in [2.05, 4.69) is 16.4 Å². The molecule has 0 saturated carbocycles. The molecule has 0 bridgehead atoms. The standard InChI is InChI=1S/C17H14Cl2N2O/c18-12-5-6-14(15(19)9-12)17(22)20-8-7-11-10-21-16-4-2-1-3-13(11)16/h1-6,9-10,21H,7-8H2,(H,20,22). The number of halogens is 2. The molecule has 3 aromatic rings. The number of benzene rings is 2. The van der Waals surface area contributed by atoms with Crippen LogP contribution in [-0.2, 0) is 6.42 Å². The highest BCUT2D eigenvalue weighted by atomic mass is 35.5. The molecule has 3 nitrogen and oxygen atoms in total. The predicted octanol–water partition coefficient (Wildman–Crippen LogP) is 4.45. The van der Waals surface area contributed by atoms with Gasteiger partial charge in [0.1, 0.15) is 0 Å². The van der Waals surface area contributed by atoms with E-state index in [1.165, 1.54) is 10.9 Å². The van der Waals surface area contributed by atoms with Crippen LogP contribution < -0.4 is 5.32 Å². The molecule has 0 radical (unpaired) electrons. The minimum absolute atomic E-state index is 0.193. The van der Waals surface area contributed by atoms with Crippen molar-refractivity contribution in [2.75, 3.05) is 6.54 Å². The molecule has 1 heterocycles. The first-order chi connectivity index (χ1) is 10.6. The molecular formula is C17H14Cl2N2O. The Hall–Kier alpha value is -1.97. The van der Waals surface area contributed by atoms with E-state index in [4.69, 9.17) is 23.2 Å². The molecule has 0 aliphatic rings. The Balaban J connectivity index is 1.64. The molecule has 22 heavy (non-hydrogen) atoms. The van der Waals surface area contributed by atoms with E-state index in [9.17, 15) is 4.79 Å². The quantitative estimate of drug-likeness (QED) is 0.728. The van der Waals surface area contributed by atoms with Crippen molar-refractivity contribution in [3.05, 3.63) is 69.8 Å². The fraction of sp³-hybridized carbons (Fsp3) is 0.118. The van der Waals surface area contributed by atoms with E-state index in [0.29, 0.717) is 22.2 Å². The fourth-order valence-corrected chi connectivity index (χ4v) is 2.91. The van der Waals surface area contributed by atoms with E-state index in [1.807, 2.05) is 24.4 Å². The first-order valence-electron chi connectivity index (χ1n) is 6.93.